The SMILES string of the molecule is C=C(C)C(=O)NOCc1ccccc1. The van der Waals surface area contributed by atoms with Gasteiger partial charge < -0.3 is 0 Å². The average molecular weight is 191 g/mol. The number of rotatable bonds is 4. The third kappa shape index (κ3) is 3.41. The van der Waals surface area contributed by atoms with Gasteiger partial charge >= 0.3 is 0 Å². The Bertz CT molecular complexity index is 319. The fraction of sp³-hybridized carbons (Fsp3) is 0.182. The second-order valence-electron chi connectivity index (χ2n) is 2.99. The van der Waals surface area contributed by atoms with Gasteiger partial charge in [-0.05, 0) is 12.5 Å². The number of amides is 1. The zero-order valence-electron chi connectivity index (χ0n) is 8.12. The van der Waals surface area contributed by atoms with E-state index in [2.05, 4.69) is 12.1 Å². The molecule has 1 amide bonds. The number of hydrogen-bond acceptors (Lipinski definition) is 2. The molecule has 0 bridgehead atoms. The molecule has 0 heterocycles. The first kappa shape index (κ1) is 10.5. The molecule has 3 heteroatoms. The van der Waals surface area contributed by atoms with Crippen LogP contribution in [0.25, 0.3) is 0 Å². The summed E-state index contributed by atoms with van der Waals surface area (Å²) in [4.78, 5) is 16.0. The van der Waals surface area contributed by atoms with Gasteiger partial charge in [0.2, 0.25) is 0 Å². The summed E-state index contributed by atoms with van der Waals surface area (Å²) in [6, 6.07) is 9.61. The van der Waals surface area contributed by atoms with E-state index in [1.54, 1.807) is 6.92 Å². The Morgan fingerprint density at radius 2 is 2.07 bits per heavy atom. The van der Waals surface area contributed by atoms with Gasteiger partial charge in [-0.25, -0.2) is 5.48 Å². The topological polar surface area (TPSA) is 38.3 Å². The van der Waals surface area contributed by atoms with Crippen LogP contribution in [0, 0.1) is 0 Å². The summed E-state index contributed by atoms with van der Waals surface area (Å²) in [5.41, 5.74) is 3.73. The molecule has 0 aromatic heterocycles. The summed E-state index contributed by atoms with van der Waals surface area (Å²) < 4.78 is 0. The van der Waals surface area contributed by atoms with Crippen LogP contribution in [-0.4, -0.2) is 5.91 Å². The quantitative estimate of drug-likeness (QED) is 0.582. The van der Waals surface area contributed by atoms with Crippen molar-refractivity contribution in [2.45, 2.75) is 13.5 Å². The highest BCUT2D eigenvalue weighted by Crippen LogP contribution is 1.99. The molecule has 3 nitrogen and oxygen atoms in total. The maximum Gasteiger partial charge on any atom is 0.269 e. The standard InChI is InChI=1S/C11H13NO2/c1-9(2)11(13)12-14-8-10-6-4-3-5-7-10/h3-7H,1,8H2,2H3,(H,12,13). The molecule has 14 heavy (non-hydrogen) atoms. The van der Waals surface area contributed by atoms with Gasteiger partial charge in [0.25, 0.3) is 5.91 Å². The predicted molar refractivity (Wildman–Crippen MR) is 54.2 cm³/mol. The molecule has 0 saturated heterocycles. The number of hydrogen-bond donors (Lipinski definition) is 1. The largest absolute Gasteiger partial charge is 0.269 e. The maximum atomic E-state index is 11.0. The molecule has 0 spiro atoms. The van der Waals surface area contributed by atoms with E-state index < -0.39 is 0 Å². The zero-order chi connectivity index (χ0) is 10.4. The number of benzene rings is 1. The lowest BCUT2D eigenvalue weighted by atomic mass is 10.2. The molecule has 0 unspecified atom stereocenters. The fourth-order valence-corrected chi connectivity index (χ4v) is 0.846. The van der Waals surface area contributed by atoms with Crippen molar-refractivity contribution < 1.29 is 9.63 Å². The highest BCUT2D eigenvalue weighted by molar-refractivity contribution is 5.91. The normalized spacial score (nSPS) is 9.50. The Balaban J connectivity index is 2.29. The Morgan fingerprint density at radius 1 is 1.43 bits per heavy atom. The van der Waals surface area contributed by atoms with Crippen molar-refractivity contribution >= 4 is 5.91 Å². The highest BCUT2D eigenvalue weighted by Gasteiger charge is 2.00. The third-order valence-corrected chi connectivity index (χ3v) is 1.63. The molecule has 74 valence electrons. The molecule has 0 atom stereocenters. The van der Waals surface area contributed by atoms with Crippen molar-refractivity contribution in [1.29, 1.82) is 0 Å². The third-order valence-electron chi connectivity index (χ3n) is 1.63. The molecule has 0 aliphatic rings. The molecule has 0 fully saturated rings. The summed E-state index contributed by atoms with van der Waals surface area (Å²) in [7, 11) is 0. The van der Waals surface area contributed by atoms with Gasteiger partial charge in [0.1, 0.15) is 0 Å². The summed E-state index contributed by atoms with van der Waals surface area (Å²) in [5, 5.41) is 0. The van der Waals surface area contributed by atoms with Crippen LogP contribution >= 0.6 is 0 Å². The number of carbonyl (C=O) groups is 1. The molecule has 0 aliphatic heterocycles. The van der Waals surface area contributed by atoms with Gasteiger partial charge in [-0.1, -0.05) is 36.9 Å². The predicted octanol–water partition coefficient (Wildman–Crippen LogP) is 1.81. The first-order chi connectivity index (χ1) is 6.70. The maximum absolute atomic E-state index is 11.0. The fourth-order valence-electron chi connectivity index (χ4n) is 0.846. The van der Waals surface area contributed by atoms with Gasteiger partial charge in [-0.3, -0.25) is 9.63 Å². The van der Waals surface area contributed by atoms with Crippen LogP contribution in [-0.2, 0) is 16.2 Å². The minimum atomic E-state index is -0.291. The van der Waals surface area contributed by atoms with Crippen LogP contribution in [0.2, 0.25) is 0 Å². The van der Waals surface area contributed by atoms with E-state index in [0.717, 1.165) is 5.56 Å². The molecule has 0 radical (unpaired) electrons. The molecule has 1 aromatic carbocycles. The number of nitrogens with one attached hydrogen (secondary N) is 1. The van der Waals surface area contributed by atoms with Crippen molar-refractivity contribution in [1.82, 2.24) is 5.48 Å². The molecule has 0 saturated carbocycles. The Labute approximate surface area is 83.3 Å². The van der Waals surface area contributed by atoms with E-state index in [9.17, 15) is 4.79 Å². The Hall–Kier alpha value is -1.61. The van der Waals surface area contributed by atoms with Gasteiger partial charge in [-0.2, -0.15) is 0 Å². The first-order valence-corrected chi connectivity index (χ1v) is 4.31. The van der Waals surface area contributed by atoms with Crippen LogP contribution in [0.5, 0.6) is 0 Å². The van der Waals surface area contributed by atoms with Crippen molar-refractivity contribution in [3.63, 3.8) is 0 Å². The van der Waals surface area contributed by atoms with Gasteiger partial charge in [0.05, 0.1) is 6.61 Å². The van der Waals surface area contributed by atoms with Crippen LogP contribution < -0.4 is 5.48 Å². The van der Waals surface area contributed by atoms with E-state index in [-0.39, 0.29) is 5.91 Å². The second kappa shape index (κ2) is 5.19. The van der Waals surface area contributed by atoms with E-state index in [4.69, 9.17) is 4.84 Å². The summed E-state index contributed by atoms with van der Waals surface area (Å²) >= 11 is 0. The average Bonchev–Trinajstić information content (AvgIpc) is 2.19. The van der Waals surface area contributed by atoms with E-state index in [1.807, 2.05) is 30.3 Å². The van der Waals surface area contributed by atoms with Crippen LogP contribution in [0.4, 0.5) is 0 Å². The smallest absolute Gasteiger partial charge is 0.269 e. The van der Waals surface area contributed by atoms with Crippen LogP contribution in [0.15, 0.2) is 42.5 Å². The van der Waals surface area contributed by atoms with Gasteiger partial charge in [0.15, 0.2) is 0 Å². The first-order valence-electron chi connectivity index (χ1n) is 4.31. The number of carbonyl (C=O) groups excluding carboxylic acids is 1. The van der Waals surface area contributed by atoms with Crippen molar-refractivity contribution in [3.05, 3.63) is 48.0 Å². The number of hydroxylamine groups is 1. The lowest BCUT2D eigenvalue weighted by Crippen LogP contribution is -2.23. The van der Waals surface area contributed by atoms with E-state index >= 15 is 0 Å². The van der Waals surface area contributed by atoms with E-state index in [0.29, 0.717) is 12.2 Å². The van der Waals surface area contributed by atoms with Gasteiger partial charge in [0, 0.05) is 5.57 Å². The molecule has 1 rings (SSSR count). The zero-order valence-corrected chi connectivity index (χ0v) is 8.12. The van der Waals surface area contributed by atoms with Crippen molar-refractivity contribution in [2.24, 2.45) is 0 Å². The van der Waals surface area contributed by atoms with Crippen molar-refractivity contribution in [2.75, 3.05) is 0 Å². The molecular formula is C11H13NO2. The highest BCUT2D eigenvalue weighted by atomic mass is 16.6. The van der Waals surface area contributed by atoms with Crippen LogP contribution in [0.1, 0.15) is 12.5 Å². The van der Waals surface area contributed by atoms with E-state index in [1.165, 1.54) is 0 Å². The lowest BCUT2D eigenvalue weighted by molar-refractivity contribution is -0.130. The lowest BCUT2D eigenvalue weighted by Gasteiger charge is -2.04. The second-order valence-corrected chi connectivity index (χ2v) is 2.99. The summed E-state index contributed by atoms with van der Waals surface area (Å²) in [6.45, 7) is 5.48. The van der Waals surface area contributed by atoms with Gasteiger partial charge in [-0.15, -0.1) is 0 Å². The minimum Gasteiger partial charge on any atom is -0.269 e. The molecular weight excluding hydrogens is 178 g/mol. The monoisotopic (exact) mass is 191 g/mol. The summed E-state index contributed by atoms with van der Waals surface area (Å²) in [6.07, 6.45) is 0. The molecule has 0 aliphatic carbocycles. The molecule has 1 aromatic rings. The minimum absolute atomic E-state index is 0.291. The van der Waals surface area contributed by atoms with Crippen molar-refractivity contribution in [3.8, 4) is 0 Å². The summed E-state index contributed by atoms with van der Waals surface area (Å²) in [5.74, 6) is -0.291. The Morgan fingerprint density at radius 3 is 2.64 bits per heavy atom. The van der Waals surface area contributed by atoms with Crippen LogP contribution in [0.3, 0.4) is 0 Å². The molecule has 1 N–H and O–H groups in total. The Kier molecular flexibility index (Phi) is 3.88.